The molecule has 3 nitrogen and oxygen atoms in total. The van der Waals surface area contributed by atoms with Gasteiger partial charge < -0.3 is 0 Å². The molecule has 1 aliphatic rings. The number of aldehydes is 1. The Morgan fingerprint density at radius 2 is 1.70 bits per heavy atom. The lowest BCUT2D eigenvalue weighted by molar-refractivity contribution is -0.113. The molecule has 1 saturated heterocycles. The van der Waals surface area contributed by atoms with E-state index in [1.165, 1.54) is 11.8 Å². The molecule has 0 bridgehead atoms. The summed E-state index contributed by atoms with van der Waals surface area (Å²) in [7, 11) is 0. The number of thiocarbonyl (C=S) groups is 1. The Hall–Kier alpha value is -2.24. The van der Waals surface area contributed by atoms with E-state index in [0.717, 1.165) is 23.1 Å². The first-order valence-electron chi connectivity index (χ1n) is 6.99. The number of hydrogen-bond acceptors (Lipinski definition) is 4. The van der Waals surface area contributed by atoms with Gasteiger partial charge in [-0.2, -0.15) is 0 Å². The Labute approximate surface area is 144 Å². The lowest BCUT2D eigenvalue weighted by Crippen LogP contribution is -2.28. The fraction of sp³-hybridized carbons (Fsp3) is 0.0556. The van der Waals surface area contributed by atoms with Crippen molar-refractivity contribution < 1.29 is 9.59 Å². The number of nitrogens with zero attached hydrogens (tertiary/aromatic N) is 1. The van der Waals surface area contributed by atoms with Crippen LogP contribution < -0.4 is 4.90 Å². The van der Waals surface area contributed by atoms with Gasteiger partial charge in [-0.05, 0) is 30.2 Å². The van der Waals surface area contributed by atoms with Gasteiger partial charge in [-0.25, -0.2) is 0 Å². The Morgan fingerprint density at radius 3 is 2.35 bits per heavy atom. The van der Waals surface area contributed by atoms with E-state index in [0.29, 0.717) is 14.8 Å². The summed E-state index contributed by atoms with van der Waals surface area (Å²) >= 11 is 6.66. The third-order valence-corrected chi connectivity index (χ3v) is 4.82. The summed E-state index contributed by atoms with van der Waals surface area (Å²) in [4.78, 5) is 25.5. The van der Waals surface area contributed by atoms with Crippen LogP contribution in [-0.2, 0) is 4.79 Å². The molecule has 1 aliphatic heterocycles. The van der Waals surface area contributed by atoms with E-state index in [4.69, 9.17) is 12.2 Å². The van der Waals surface area contributed by atoms with Gasteiger partial charge in [0.15, 0.2) is 4.32 Å². The predicted molar refractivity (Wildman–Crippen MR) is 98.7 cm³/mol. The largest absolute Gasteiger partial charge is 0.298 e. The van der Waals surface area contributed by atoms with Crippen molar-refractivity contribution in [2.75, 3.05) is 4.90 Å². The zero-order valence-electron chi connectivity index (χ0n) is 12.4. The van der Waals surface area contributed by atoms with E-state index in [1.54, 1.807) is 23.1 Å². The van der Waals surface area contributed by atoms with Crippen molar-refractivity contribution in [3.8, 4) is 0 Å². The average Bonchev–Trinajstić information content (AvgIpc) is 2.83. The van der Waals surface area contributed by atoms with E-state index in [-0.39, 0.29) is 5.91 Å². The SMILES string of the molecule is Cc1ccccc1N1C(=O)C(=Cc2ccc(C=O)cc2)SC1=S. The van der Waals surface area contributed by atoms with E-state index in [1.807, 2.05) is 43.3 Å². The van der Waals surface area contributed by atoms with E-state index < -0.39 is 0 Å². The molecule has 0 N–H and O–H groups in total. The molecule has 0 spiro atoms. The minimum atomic E-state index is -0.117. The lowest BCUT2D eigenvalue weighted by Gasteiger charge is -2.16. The molecular formula is C18H13NO2S2. The number of carbonyl (C=O) groups excluding carboxylic acids is 2. The first kappa shape index (κ1) is 15.6. The molecule has 114 valence electrons. The van der Waals surface area contributed by atoms with Crippen LogP contribution in [0.2, 0.25) is 0 Å². The first-order valence-corrected chi connectivity index (χ1v) is 8.21. The van der Waals surface area contributed by atoms with Crippen LogP contribution in [0.15, 0.2) is 53.4 Å². The van der Waals surface area contributed by atoms with Gasteiger partial charge >= 0.3 is 0 Å². The minimum Gasteiger partial charge on any atom is -0.298 e. The molecule has 0 unspecified atom stereocenters. The zero-order valence-corrected chi connectivity index (χ0v) is 14.0. The second-order valence-electron chi connectivity index (χ2n) is 5.09. The molecule has 1 fully saturated rings. The third kappa shape index (κ3) is 3.11. The van der Waals surface area contributed by atoms with E-state index >= 15 is 0 Å². The summed E-state index contributed by atoms with van der Waals surface area (Å²) in [5, 5.41) is 0. The molecule has 5 heteroatoms. The van der Waals surface area contributed by atoms with E-state index in [9.17, 15) is 9.59 Å². The van der Waals surface area contributed by atoms with Crippen molar-refractivity contribution in [2.24, 2.45) is 0 Å². The van der Waals surface area contributed by atoms with Crippen molar-refractivity contribution in [2.45, 2.75) is 6.92 Å². The second kappa shape index (κ2) is 6.48. The second-order valence-corrected chi connectivity index (χ2v) is 6.76. The van der Waals surface area contributed by atoms with E-state index in [2.05, 4.69) is 0 Å². The summed E-state index contributed by atoms with van der Waals surface area (Å²) in [5.41, 5.74) is 3.28. The maximum absolute atomic E-state index is 12.7. The van der Waals surface area contributed by atoms with Gasteiger partial charge in [0, 0.05) is 5.56 Å². The minimum absolute atomic E-state index is 0.117. The van der Waals surface area contributed by atoms with Gasteiger partial charge in [0.1, 0.15) is 6.29 Å². The first-order chi connectivity index (χ1) is 11.1. The summed E-state index contributed by atoms with van der Waals surface area (Å²) in [6, 6.07) is 14.7. The average molecular weight is 339 g/mol. The third-order valence-electron chi connectivity index (χ3n) is 3.52. The molecule has 0 aromatic heterocycles. The van der Waals surface area contributed by atoms with Crippen LogP contribution in [0.25, 0.3) is 6.08 Å². The Morgan fingerprint density at radius 1 is 1.04 bits per heavy atom. The van der Waals surface area contributed by atoms with Crippen LogP contribution in [0.5, 0.6) is 0 Å². The number of carbonyl (C=O) groups is 2. The molecule has 3 rings (SSSR count). The van der Waals surface area contributed by atoms with Gasteiger partial charge in [-0.15, -0.1) is 0 Å². The molecule has 2 aromatic carbocycles. The standard InChI is InChI=1S/C18H13NO2S2/c1-12-4-2-3-5-15(12)19-17(21)16(23-18(19)22)10-13-6-8-14(11-20)9-7-13/h2-11H,1H3. The van der Waals surface area contributed by atoms with Gasteiger partial charge in [0.2, 0.25) is 0 Å². The number of amides is 1. The summed E-state index contributed by atoms with van der Waals surface area (Å²) in [5.74, 6) is -0.117. The fourth-order valence-electron chi connectivity index (χ4n) is 2.31. The molecule has 1 amide bonds. The van der Waals surface area contributed by atoms with Crippen LogP contribution in [0.1, 0.15) is 21.5 Å². The number of benzene rings is 2. The van der Waals surface area contributed by atoms with Crippen LogP contribution >= 0.6 is 24.0 Å². The molecule has 1 heterocycles. The highest BCUT2D eigenvalue weighted by Crippen LogP contribution is 2.37. The number of para-hydroxylation sites is 1. The quantitative estimate of drug-likeness (QED) is 0.477. The number of aryl methyl sites for hydroxylation is 1. The number of anilines is 1. The van der Waals surface area contributed by atoms with Crippen LogP contribution in [0.3, 0.4) is 0 Å². The Balaban J connectivity index is 1.93. The molecule has 0 saturated carbocycles. The Kier molecular flexibility index (Phi) is 4.41. The number of hydrogen-bond donors (Lipinski definition) is 0. The topological polar surface area (TPSA) is 37.4 Å². The molecule has 23 heavy (non-hydrogen) atoms. The summed E-state index contributed by atoms with van der Waals surface area (Å²) < 4.78 is 0.528. The highest BCUT2D eigenvalue weighted by Gasteiger charge is 2.33. The Bertz CT molecular complexity index is 825. The highest BCUT2D eigenvalue weighted by atomic mass is 32.2. The summed E-state index contributed by atoms with van der Waals surface area (Å²) in [6.07, 6.45) is 2.59. The monoisotopic (exact) mass is 339 g/mol. The van der Waals surface area contributed by atoms with Gasteiger partial charge in [0.05, 0.1) is 10.6 Å². The maximum atomic E-state index is 12.7. The smallest absolute Gasteiger partial charge is 0.270 e. The molecule has 0 radical (unpaired) electrons. The van der Waals surface area contributed by atoms with Crippen LogP contribution in [0.4, 0.5) is 5.69 Å². The molecule has 0 atom stereocenters. The normalized spacial score (nSPS) is 16.2. The van der Waals surface area contributed by atoms with Crippen molar-refractivity contribution in [1.29, 1.82) is 0 Å². The molecule has 0 aliphatic carbocycles. The van der Waals surface area contributed by atoms with Gasteiger partial charge in [-0.3, -0.25) is 14.5 Å². The van der Waals surface area contributed by atoms with Gasteiger partial charge in [-0.1, -0.05) is 66.4 Å². The predicted octanol–water partition coefficient (Wildman–Crippen LogP) is 4.21. The van der Waals surface area contributed by atoms with Crippen molar-refractivity contribution in [3.05, 3.63) is 70.1 Å². The summed E-state index contributed by atoms with van der Waals surface area (Å²) in [6.45, 7) is 1.95. The van der Waals surface area contributed by atoms with Crippen molar-refractivity contribution in [3.63, 3.8) is 0 Å². The number of rotatable bonds is 3. The molecular weight excluding hydrogens is 326 g/mol. The molecule has 2 aromatic rings. The van der Waals surface area contributed by atoms with Crippen molar-refractivity contribution in [1.82, 2.24) is 0 Å². The van der Waals surface area contributed by atoms with Crippen molar-refractivity contribution >= 4 is 52.3 Å². The highest BCUT2D eigenvalue weighted by molar-refractivity contribution is 8.27. The van der Waals surface area contributed by atoms with Crippen LogP contribution in [-0.4, -0.2) is 16.5 Å². The zero-order chi connectivity index (χ0) is 16.4. The van der Waals surface area contributed by atoms with Gasteiger partial charge in [0.25, 0.3) is 5.91 Å². The maximum Gasteiger partial charge on any atom is 0.270 e. The fourth-order valence-corrected chi connectivity index (χ4v) is 3.60. The number of thioether (sulfide) groups is 1. The van der Waals surface area contributed by atoms with Crippen LogP contribution in [0, 0.1) is 6.92 Å². The lowest BCUT2D eigenvalue weighted by atomic mass is 10.1.